The Labute approximate surface area is 296 Å². The van der Waals surface area contributed by atoms with Crippen LogP contribution in [0, 0.1) is 28.4 Å². The van der Waals surface area contributed by atoms with Gasteiger partial charge in [0.25, 0.3) is 0 Å². The van der Waals surface area contributed by atoms with Gasteiger partial charge in [0.15, 0.2) is 5.12 Å². The summed E-state index contributed by atoms with van der Waals surface area (Å²) < 4.78 is 29.3. The van der Waals surface area contributed by atoms with E-state index in [1.54, 1.807) is 16.8 Å². The van der Waals surface area contributed by atoms with Crippen molar-refractivity contribution < 1.29 is 28.0 Å². The Morgan fingerprint density at radius 3 is 2.16 bits per heavy atom. The summed E-state index contributed by atoms with van der Waals surface area (Å²) in [5, 5.41) is -0.0502. The highest BCUT2D eigenvalue weighted by atomic mass is 32.2. The first-order valence-corrected chi connectivity index (χ1v) is 18.9. The number of likely N-dealkylation sites (N-methyl/N-ethyl adjacent to an activating group) is 1. The van der Waals surface area contributed by atoms with Crippen LogP contribution in [0.5, 0.6) is 0 Å². The number of nitrogens with zero attached hydrogens (tertiary/aromatic N) is 4. The topological polar surface area (TPSA) is 81.2 Å². The molecular formula is C38H58F2N4O4S. The van der Waals surface area contributed by atoms with E-state index in [-0.39, 0.29) is 46.4 Å². The molecule has 0 aromatic heterocycles. The average molecular weight is 705 g/mol. The third-order valence-electron chi connectivity index (χ3n) is 11.2. The summed E-state index contributed by atoms with van der Waals surface area (Å²) in [5.74, 6) is -2.71. The summed E-state index contributed by atoms with van der Waals surface area (Å²) in [4.78, 5) is 62.8. The first-order chi connectivity index (χ1) is 22.7. The van der Waals surface area contributed by atoms with Crippen molar-refractivity contribution in [3.8, 4) is 0 Å². The van der Waals surface area contributed by atoms with Crippen LogP contribution in [0.1, 0.15) is 106 Å². The Balaban J connectivity index is 1.74. The van der Waals surface area contributed by atoms with E-state index in [1.165, 1.54) is 19.1 Å². The van der Waals surface area contributed by atoms with Crippen molar-refractivity contribution in [3.63, 3.8) is 0 Å². The predicted octanol–water partition coefficient (Wildman–Crippen LogP) is 6.33. The smallest absolute Gasteiger partial charge is 0.245 e. The molecule has 4 rings (SSSR count). The van der Waals surface area contributed by atoms with Crippen molar-refractivity contribution in [3.05, 3.63) is 35.4 Å². The molecule has 1 unspecified atom stereocenters. The molecule has 8 nitrogen and oxygen atoms in total. The number of thioether (sulfide) groups is 1. The second-order valence-corrected chi connectivity index (χ2v) is 18.1. The van der Waals surface area contributed by atoms with E-state index in [0.29, 0.717) is 37.4 Å². The molecule has 1 aromatic carbocycles. The lowest BCUT2D eigenvalue weighted by Gasteiger charge is -2.45. The van der Waals surface area contributed by atoms with Gasteiger partial charge in [0.2, 0.25) is 17.7 Å². The summed E-state index contributed by atoms with van der Waals surface area (Å²) in [7, 11) is 1.72. The molecule has 0 N–H and O–H groups in total. The largest absolute Gasteiger partial charge is 0.344 e. The second kappa shape index (κ2) is 15.0. The van der Waals surface area contributed by atoms with Crippen LogP contribution in [-0.4, -0.2) is 105 Å². The third-order valence-corrected chi connectivity index (χ3v) is 12.5. The van der Waals surface area contributed by atoms with Crippen LogP contribution in [0.25, 0.3) is 0 Å². The molecule has 3 amide bonds. The standard InChI is InChI=1S/C38H58F2N4O4S/c1-11-41(10)34(47)32-19-27(44(26-14-16-37(6,7)17-15-26)35(48)38(8,9)23-49-24(2)45)20-43(32)33(46)30-22-42(36(3,4)5)21-29(30)28-13-12-25(39)18-31(28)40/h12-13,18,26-27,29-30,32H,11,14-17,19-23H2,1-10H3/t27-,29+,30?,32-/m0/s1. The lowest BCUT2D eigenvalue weighted by Crippen LogP contribution is -2.55. The fourth-order valence-corrected chi connectivity index (χ4v) is 8.51. The number of carbonyl (C=O) groups is 4. The monoisotopic (exact) mass is 704 g/mol. The third kappa shape index (κ3) is 8.86. The van der Waals surface area contributed by atoms with Crippen molar-refractivity contribution in [2.75, 3.05) is 39.0 Å². The van der Waals surface area contributed by atoms with Gasteiger partial charge in [-0.1, -0.05) is 45.5 Å². The van der Waals surface area contributed by atoms with E-state index in [9.17, 15) is 23.6 Å². The minimum absolute atomic E-state index is 0.0502. The van der Waals surface area contributed by atoms with E-state index in [0.717, 1.165) is 43.5 Å². The maximum Gasteiger partial charge on any atom is 0.245 e. The number of hydrogen-bond acceptors (Lipinski definition) is 6. The maximum atomic E-state index is 15.3. The molecule has 0 radical (unpaired) electrons. The highest BCUT2D eigenvalue weighted by Gasteiger charge is 2.52. The van der Waals surface area contributed by atoms with Crippen molar-refractivity contribution >= 4 is 34.6 Å². The Kier molecular flexibility index (Phi) is 12.0. The van der Waals surface area contributed by atoms with Crippen LogP contribution in [0.15, 0.2) is 18.2 Å². The van der Waals surface area contributed by atoms with Gasteiger partial charge in [0.1, 0.15) is 17.7 Å². The molecular weight excluding hydrogens is 647 g/mol. The number of benzene rings is 1. The molecule has 49 heavy (non-hydrogen) atoms. The molecule has 0 bridgehead atoms. The van der Waals surface area contributed by atoms with Crippen LogP contribution in [-0.2, 0) is 19.2 Å². The van der Waals surface area contributed by atoms with Crippen molar-refractivity contribution in [2.24, 2.45) is 16.7 Å². The van der Waals surface area contributed by atoms with Crippen LogP contribution in [0.4, 0.5) is 8.78 Å². The lowest BCUT2D eigenvalue weighted by atomic mass is 9.74. The fourth-order valence-electron chi connectivity index (χ4n) is 7.82. The van der Waals surface area contributed by atoms with Crippen LogP contribution in [0.3, 0.4) is 0 Å². The molecule has 4 atom stereocenters. The van der Waals surface area contributed by atoms with E-state index >= 15 is 4.39 Å². The normalized spacial score (nSPS) is 25.0. The summed E-state index contributed by atoms with van der Waals surface area (Å²) in [6, 6.07) is 2.31. The molecule has 2 aliphatic heterocycles. The Morgan fingerprint density at radius 1 is 0.980 bits per heavy atom. The quantitative estimate of drug-likeness (QED) is 0.299. The van der Waals surface area contributed by atoms with Gasteiger partial charge in [-0.3, -0.25) is 24.1 Å². The Hall–Kier alpha value is -2.53. The van der Waals surface area contributed by atoms with Crippen molar-refractivity contribution in [1.29, 1.82) is 0 Å². The highest BCUT2D eigenvalue weighted by molar-refractivity contribution is 8.13. The Morgan fingerprint density at radius 2 is 1.61 bits per heavy atom. The van der Waals surface area contributed by atoms with Gasteiger partial charge in [0, 0.05) is 69.5 Å². The van der Waals surface area contributed by atoms with Crippen molar-refractivity contribution in [2.45, 2.75) is 124 Å². The molecule has 274 valence electrons. The number of hydrogen-bond donors (Lipinski definition) is 0. The number of carbonyl (C=O) groups excluding carboxylic acids is 4. The summed E-state index contributed by atoms with van der Waals surface area (Å²) in [6.45, 7) is 19.2. The summed E-state index contributed by atoms with van der Waals surface area (Å²) >= 11 is 1.14. The second-order valence-electron chi connectivity index (χ2n) is 17.0. The first kappa shape index (κ1) is 39.3. The zero-order valence-electron chi connectivity index (χ0n) is 31.3. The van der Waals surface area contributed by atoms with E-state index in [4.69, 9.17) is 0 Å². The first-order valence-electron chi connectivity index (χ1n) is 17.9. The average Bonchev–Trinajstić information content (AvgIpc) is 3.66. The fraction of sp³-hybridized carbons (Fsp3) is 0.737. The van der Waals surface area contributed by atoms with Gasteiger partial charge >= 0.3 is 0 Å². The zero-order chi connectivity index (χ0) is 36.6. The molecule has 2 saturated heterocycles. The SMILES string of the molecule is CCN(C)C(=O)[C@@H]1C[C@H](N(C(=O)C(C)(C)CSC(C)=O)C2CCC(C)(C)CC2)CN1C(=O)C1CN(C(C)(C)C)C[C@@H]1c1ccc(F)cc1F. The summed E-state index contributed by atoms with van der Waals surface area (Å²) in [6.07, 6.45) is 3.86. The number of halogens is 2. The minimum atomic E-state index is -0.843. The van der Waals surface area contributed by atoms with Gasteiger partial charge in [-0.25, -0.2) is 8.78 Å². The van der Waals surface area contributed by atoms with E-state index in [2.05, 4.69) is 18.7 Å². The van der Waals surface area contributed by atoms with Crippen LogP contribution >= 0.6 is 11.8 Å². The Bertz CT molecular complexity index is 1400. The van der Waals surface area contributed by atoms with Gasteiger partial charge in [-0.2, -0.15) is 0 Å². The number of likely N-dealkylation sites (tertiary alicyclic amines) is 2. The van der Waals surface area contributed by atoms with E-state index in [1.807, 2.05) is 46.4 Å². The van der Waals surface area contributed by atoms with Gasteiger partial charge in [-0.05, 0) is 76.8 Å². The molecule has 3 fully saturated rings. The number of rotatable bonds is 9. The van der Waals surface area contributed by atoms with Crippen molar-refractivity contribution in [1.82, 2.24) is 19.6 Å². The summed E-state index contributed by atoms with van der Waals surface area (Å²) in [5.41, 5.74) is -0.694. The molecule has 2 heterocycles. The van der Waals surface area contributed by atoms with Crippen LogP contribution in [0.2, 0.25) is 0 Å². The van der Waals surface area contributed by atoms with Gasteiger partial charge < -0.3 is 14.7 Å². The zero-order valence-corrected chi connectivity index (χ0v) is 32.1. The highest BCUT2D eigenvalue weighted by Crippen LogP contribution is 2.43. The molecule has 3 aliphatic rings. The van der Waals surface area contributed by atoms with Gasteiger partial charge in [0.05, 0.1) is 17.4 Å². The van der Waals surface area contributed by atoms with Crippen LogP contribution < -0.4 is 0 Å². The van der Waals surface area contributed by atoms with E-state index < -0.39 is 41.0 Å². The van der Waals surface area contributed by atoms with Gasteiger partial charge in [-0.15, -0.1) is 0 Å². The molecule has 11 heteroatoms. The maximum absolute atomic E-state index is 15.3. The minimum Gasteiger partial charge on any atom is -0.344 e. The lowest BCUT2D eigenvalue weighted by molar-refractivity contribution is -0.147. The number of amides is 3. The molecule has 0 spiro atoms. The molecule has 1 aromatic rings. The molecule has 1 aliphatic carbocycles. The predicted molar refractivity (Wildman–Crippen MR) is 191 cm³/mol. The molecule has 1 saturated carbocycles.